The molecule has 0 fully saturated rings. The summed E-state index contributed by atoms with van der Waals surface area (Å²) in [6.07, 6.45) is 0.0392. The van der Waals surface area contributed by atoms with Crippen molar-refractivity contribution in [3.8, 4) is 11.8 Å². The fourth-order valence-electron chi connectivity index (χ4n) is 2.03. The van der Waals surface area contributed by atoms with Crippen molar-refractivity contribution in [2.24, 2.45) is 0 Å². The minimum atomic E-state index is -0.472. The molecule has 2 aromatic rings. The zero-order valence-electron chi connectivity index (χ0n) is 13.0. The summed E-state index contributed by atoms with van der Waals surface area (Å²) in [5.74, 6) is -0.453. The predicted molar refractivity (Wildman–Crippen MR) is 88.5 cm³/mol. The van der Waals surface area contributed by atoms with Crippen LogP contribution in [-0.2, 0) is 14.3 Å². The summed E-state index contributed by atoms with van der Waals surface area (Å²) in [6.45, 7) is -0.248. The summed E-state index contributed by atoms with van der Waals surface area (Å²) >= 11 is 1.44. The first-order valence-electron chi connectivity index (χ1n) is 7.15. The van der Waals surface area contributed by atoms with E-state index >= 15 is 0 Å². The Morgan fingerprint density at radius 1 is 1.29 bits per heavy atom. The molecule has 1 heterocycles. The third-order valence-corrected chi connectivity index (χ3v) is 4.17. The highest BCUT2D eigenvalue weighted by Crippen LogP contribution is 2.22. The molecule has 0 aliphatic heterocycles. The Bertz CT molecular complexity index is 737. The van der Waals surface area contributed by atoms with Gasteiger partial charge in [-0.3, -0.25) is 9.59 Å². The van der Waals surface area contributed by atoms with Crippen LogP contribution in [0.1, 0.15) is 22.9 Å². The maximum absolute atomic E-state index is 12.1. The van der Waals surface area contributed by atoms with E-state index in [2.05, 4.69) is 10.1 Å². The number of hydrogen-bond donors (Lipinski definition) is 1. The van der Waals surface area contributed by atoms with Crippen molar-refractivity contribution in [3.63, 3.8) is 0 Å². The average molecular weight is 344 g/mol. The van der Waals surface area contributed by atoms with Gasteiger partial charge in [-0.1, -0.05) is 18.2 Å². The van der Waals surface area contributed by atoms with E-state index in [0.29, 0.717) is 11.3 Å². The van der Waals surface area contributed by atoms with Gasteiger partial charge in [0.1, 0.15) is 11.8 Å². The number of nitrogens with one attached hydrogen (secondary N) is 1. The van der Waals surface area contributed by atoms with Crippen LogP contribution in [0.2, 0.25) is 0 Å². The molecule has 0 aliphatic rings. The summed E-state index contributed by atoms with van der Waals surface area (Å²) in [6, 6.07) is 11.9. The number of methoxy groups -OCH3 is 1. The maximum Gasteiger partial charge on any atom is 0.307 e. The molecule has 7 heteroatoms. The summed E-state index contributed by atoms with van der Waals surface area (Å²) in [7, 11) is 1.30. The van der Waals surface area contributed by atoms with Crippen molar-refractivity contribution in [1.29, 1.82) is 5.26 Å². The number of amides is 1. The number of ether oxygens (including phenoxy) is 2. The second-order valence-electron chi connectivity index (χ2n) is 4.81. The quantitative estimate of drug-likeness (QED) is 0.779. The fourth-order valence-corrected chi connectivity index (χ4v) is 2.80. The van der Waals surface area contributed by atoms with E-state index in [0.717, 1.165) is 4.88 Å². The van der Waals surface area contributed by atoms with E-state index in [1.165, 1.54) is 18.4 Å². The van der Waals surface area contributed by atoms with Gasteiger partial charge in [-0.05, 0) is 23.6 Å². The van der Waals surface area contributed by atoms with Crippen molar-refractivity contribution in [2.45, 2.75) is 12.5 Å². The van der Waals surface area contributed by atoms with Gasteiger partial charge in [0.25, 0.3) is 5.91 Å². The molecule has 0 aliphatic carbocycles. The van der Waals surface area contributed by atoms with Crippen LogP contribution in [0.25, 0.3) is 0 Å². The molecule has 0 bridgehead atoms. The first-order chi connectivity index (χ1) is 11.6. The van der Waals surface area contributed by atoms with Gasteiger partial charge in [0.2, 0.25) is 0 Å². The molecule has 1 aromatic heterocycles. The lowest BCUT2D eigenvalue weighted by atomic mass is 10.1. The summed E-state index contributed by atoms with van der Waals surface area (Å²) < 4.78 is 10.1. The number of para-hydroxylation sites is 1. The van der Waals surface area contributed by atoms with Gasteiger partial charge in [-0.25, -0.2) is 0 Å². The summed E-state index contributed by atoms with van der Waals surface area (Å²) in [4.78, 5) is 24.5. The van der Waals surface area contributed by atoms with Crippen LogP contribution in [0.15, 0.2) is 41.8 Å². The zero-order valence-corrected chi connectivity index (χ0v) is 13.8. The molecule has 1 atom stereocenters. The molecule has 0 radical (unpaired) electrons. The smallest absolute Gasteiger partial charge is 0.307 e. The SMILES string of the molecule is COC(=O)CC(NC(=O)COc1ccccc1C#N)c1cccs1. The zero-order chi connectivity index (χ0) is 17.4. The first-order valence-corrected chi connectivity index (χ1v) is 8.03. The number of nitriles is 1. The third kappa shape index (κ3) is 4.83. The fraction of sp³-hybridized carbons (Fsp3) is 0.235. The Kier molecular flexibility index (Phi) is 6.34. The molecule has 1 aromatic carbocycles. The van der Waals surface area contributed by atoms with Crippen LogP contribution >= 0.6 is 11.3 Å². The molecule has 1 amide bonds. The molecular weight excluding hydrogens is 328 g/mol. The van der Waals surface area contributed by atoms with Crippen molar-refractivity contribution in [3.05, 3.63) is 52.2 Å². The van der Waals surface area contributed by atoms with Gasteiger partial charge in [0, 0.05) is 4.88 Å². The first kappa shape index (κ1) is 17.5. The molecule has 1 N–H and O–H groups in total. The summed E-state index contributed by atoms with van der Waals surface area (Å²) in [5, 5.41) is 13.6. The normalized spacial score (nSPS) is 11.2. The molecule has 6 nitrogen and oxygen atoms in total. The minimum absolute atomic E-state index is 0.0392. The second-order valence-corrected chi connectivity index (χ2v) is 5.79. The summed E-state index contributed by atoms with van der Waals surface area (Å²) in [5.41, 5.74) is 0.356. The molecule has 124 valence electrons. The number of thiophene rings is 1. The van der Waals surface area contributed by atoms with Crippen molar-refractivity contribution in [2.75, 3.05) is 13.7 Å². The number of carbonyl (C=O) groups excluding carboxylic acids is 2. The average Bonchev–Trinajstić information content (AvgIpc) is 3.14. The largest absolute Gasteiger partial charge is 0.482 e. The van der Waals surface area contributed by atoms with E-state index in [1.54, 1.807) is 24.3 Å². The molecular formula is C17H16N2O4S. The third-order valence-electron chi connectivity index (χ3n) is 3.19. The van der Waals surface area contributed by atoms with E-state index in [1.807, 2.05) is 23.6 Å². The van der Waals surface area contributed by atoms with Crippen molar-refractivity contribution < 1.29 is 19.1 Å². The molecule has 0 spiro atoms. The Hall–Kier alpha value is -2.85. The van der Waals surface area contributed by atoms with Gasteiger partial charge in [-0.2, -0.15) is 5.26 Å². The Morgan fingerprint density at radius 3 is 2.75 bits per heavy atom. The molecule has 0 saturated carbocycles. The van der Waals surface area contributed by atoms with E-state index < -0.39 is 12.0 Å². The van der Waals surface area contributed by atoms with Gasteiger partial charge >= 0.3 is 5.97 Å². The van der Waals surface area contributed by atoms with E-state index in [4.69, 9.17) is 10.00 Å². The van der Waals surface area contributed by atoms with Crippen molar-refractivity contribution in [1.82, 2.24) is 5.32 Å². The topological polar surface area (TPSA) is 88.4 Å². The molecule has 2 rings (SSSR count). The van der Waals surface area contributed by atoms with Gasteiger partial charge in [0.15, 0.2) is 6.61 Å². The van der Waals surface area contributed by atoms with Gasteiger partial charge in [0.05, 0.1) is 25.1 Å². The van der Waals surface area contributed by atoms with Crippen LogP contribution in [0.3, 0.4) is 0 Å². The standard InChI is InChI=1S/C17H16N2O4S/c1-22-17(21)9-13(15-7-4-8-24-15)19-16(20)11-23-14-6-3-2-5-12(14)10-18/h2-8,13H,9,11H2,1H3,(H,19,20). The van der Waals surface area contributed by atoms with Gasteiger partial charge < -0.3 is 14.8 Å². The minimum Gasteiger partial charge on any atom is -0.482 e. The monoisotopic (exact) mass is 344 g/mol. The molecule has 24 heavy (non-hydrogen) atoms. The number of hydrogen-bond acceptors (Lipinski definition) is 6. The van der Waals surface area contributed by atoms with Crippen molar-refractivity contribution >= 4 is 23.2 Å². The van der Waals surface area contributed by atoms with E-state index in [-0.39, 0.29) is 18.9 Å². The lowest BCUT2D eigenvalue weighted by molar-refractivity contribution is -0.141. The van der Waals surface area contributed by atoms with Crippen LogP contribution in [-0.4, -0.2) is 25.6 Å². The highest BCUT2D eigenvalue weighted by molar-refractivity contribution is 7.10. The lowest BCUT2D eigenvalue weighted by Crippen LogP contribution is -2.33. The number of esters is 1. The van der Waals surface area contributed by atoms with Crippen LogP contribution < -0.4 is 10.1 Å². The highest BCUT2D eigenvalue weighted by atomic mass is 32.1. The Balaban J connectivity index is 1.98. The lowest BCUT2D eigenvalue weighted by Gasteiger charge is -2.16. The molecule has 0 saturated heterocycles. The Labute approximate surface area is 143 Å². The maximum atomic E-state index is 12.1. The predicted octanol–water partition coefficient (Wildman–Crippen LogP) is 2.42. The van der Waals surface area contributed by atoms with Crippen LogP contribution in [0.4, 0.5) is 0 Å². The van der Waals surface area contributed by atoms with Crippen LogP contribution in [0.5, 0.6) is 5.75 Å². The Morgan fingerprint density at radius 2 is 2.08 bits per heavy atom. The number of carbonyl (C=O) groups is 2. The number of benzene rings is 1. The van der Waals surface area contributed by atoms with Crippen LogP contribution in [0, 0.1) is 11.3 Å². The second kappa shape index (κ2) is 8.70. The molecule has 1 unspecified atom stereocenters. The van der Waals surface area contributed by atoms with E-state index in [9.17, 15) is 9.59 Å². The number of nitrogens with zero attached hydrogens (tertiary/aromatic N) is 1. The van der Waals surface area contributed by atoms with Gasteiger partial charge in [-0.15, -0.1) is 11.3 Å². The number of rotatable bonds is 7. The highest BCUT2D eigenvalue weighted by Gasteiger charge is 2.20.